The summed E-state index contributed by atoms with van der Waals surface area (Å²) in [5.41, 5.74) is 9.85. The number of hydrogen-bond acceptors (Lipinski definition) is 8. The molecule has 2 aromatic rings. The number of esters is 2. The van der Waals surface area contributed by atoms with Crippen LogP contribution in [0.15, 0.2) is 46.4 Å². The molecule has 1 fully saturated rings. The van der Waals surface area contributed by atoms with Crippen LogP contribution in [0.2, 0.25) is 0 Å². The predicted molar refractivity (Wildman–Crippen MR) is 127 cm³/mol. The van der Waals surface area contributed by atoms with E-state index in [1.807, 2.05) is 33.2 Å². The smallest absolute Gasteiger partial charge is 0.303 e. The predicted octanol–water partition coefficient (Wildman–Crippen LogP) is 4.53. The number of carbonyl (C=O) groups excluding carboxylic acids is 2. The van der Waals surface area contributed by atoms with Gasteiger partial charge in [-0.05, 0) is 29.1 Å². The summed E-state index contributed by atoms with van der Waals surface area (Å²) in [7, 11) is 4.02. The molecule has 3 rings (SSSR count). The van der Waals surface area contributed by atoms with Crippen molar-refractivity contribution in [3.63, 3.8) is 0 Å². The first-order valence-electron chi connectivity index (χ1n) is 10.6. The Hall–Kier alpha value is -2.94. The van der Waals surface area contributed by atoms with Crippen LogP contribution in [0.5, 0.6) is 0 Å². The molecule has 1 saturated heterocycles. The van der Waals surface area contributed by atoms with E-state index in [9.17, 15) is 9.59 Å². The molecule has 9 nitrogen and oxygen atoms in total. The third kappa shape index (κ3) is 5.90. The van der Waals surface area contributed by atoms with Crippen LogP contribution >= 0.6 is 11.8 Å². The van der Waals surface area contributed by atoms with Gasteiger partial charge in [0.25, 0.3) is 0 Å². The fourth-order valence-electron chi connectivity index (χ4n) is 3.93. The van der Waals surface area contributed by atoms with E-state index in [4.69, 9.17) is 19.7 Å². The standard InChI is InChI=1S/C23H28N4O5S/c1-13-21(25-26-24)22(31-15(3)29)20(12-30-14(2)28)32-23(13)33-17-9-10-18-16(11-17)7-6-8-19(18)27(4)5/h6-11,13,20-23H,12H2,1-5H3/t13?,20?,21-,22+,23-/m1/s1. The lowest BCUT2D eigenvalue weighted by Crippen LogP contribution is -2.55. The van der Waals surface area contributed by atoms with Gasteiger partial charge in [-0.15, -0.1) is 0 Å². The summed E-state index contributed by atoms with van der Waals surface area (Å²) < 4.78 is 16.8. The molecule has 0 aliphatic carbocycles. The van der Waals surface area contributed by atoms with Crippen molar-refractivity contribution in [3.8, 4) is 0 Å². The molecule has 176 valence electrons. The third-order valence-electron chi connectivity index (χ3n) is 5.48. The van der Waals surface area contributed by atoms with Gasteiger partial charge in [0, 0.05) is 54.7 Å². The molecule has 10 heteroatoms. The summed E-state index contributed by atoms with van der Waals surface area (Å²) in [6.07, 6.45) is -1.62. The second-order valence-electron chi connectivity index (χ2n) is 8.15. The molecule has 33 heavy (non-hydrogen) atoms. The molecule has 1 aliphatic rings. The van der Waals surface area contributed by atoms with Crippen molar-refractivity contribution in [3.05, 3.63) is 46.8 Å². The number of nitrogens with zero attached hydrogens (tertiary/aromatic N) is 4. The molecule has 1 aliphatic heterocycles. The van der Waals surface area contributed by atoms with Gasteiger partial charge in [0.1, 0.15) is 24.3 Å². The second-order valence-corrected chi connectivity index (χ2v) is 9.32. The summed E-state index contributed by atoms with van der Waals surface area (Å²) in [4.78, 5) is 29.1. The molecule has 0 aromatic heterocycles. The summed E-state index contributed by atoms with van der Waals surface area (Å²) in [6, 6.07) is 11.7. The van der Waals surface area contributed by atoms with Crippen LogP contribution in [0, 0.1) is 5.92 Å². The van der Waals surface area contributed by atoms with Gasteiger partial charge in [-0.25, -0.2) is 0 Å². The molecule has 2 unspecified atom stereocenters. The number of anilines is 1. The first-order chi connectivity index (χ1) is 15.7. The second kappa shape index (κ2) is 10.8. The lowest BCUT2D eigenvalue weighted by molar-refractivity contribution is -0.182. The van der Waals surface area contributed by atoms with Crippen molar-refractivity contribution in [1.29, 1.82) is 0 Å². The number of thioether (sulfide) groups is 1. The number of hydrogen-bond donors (Lipinski definition) is 0. The van der Waals surface area contributed by atoms with Gasteiger partial charge in [0.2, 0.25) is 0 Å². The SMILES string of the molecule is CC(=O)OCC1O[C@H](Sc2ccc3c(N(C)C)cccc3c2)C(C)[C@@H](N=[N+]=[N-])[C@H]1OC(C)=O. The largest absolute Gasteiger partial charge is 0.463 e. The van der Waals surface area contributed by atoms with E-state index in [-0.39, 0.29) is 12.5 Å². The van der Waals surface area contributed by atoms with E-state index in [0.29, 0.717) is 0 Å². The van der Waals surface area contributed by atoms with Crippen molar-refractivity contribution in [2.75, 3.05) is 25.6 Å². The summed E-state index contributed by atoms with van der Waals surface area (Å²) >= 11 is 1.49. The highest BCUT2D eigenvalue weighted by atomic mass is 32.2. The first-order valence-corrected chi connectivity index (χ1v) is 11.5. The molecule has 0 spiro atoms. The van der Waals surface area contributed by atoms with E-state index in [2.05, 4.69) is 39.2 Å². The highest BCUT2D eigenvalue weighted by Gasteiger charge is 2.46. The number of fused-ring (bicyclic) bond motifs is 1. The Balaban J connectivity index is 1.90. The normalized spacial score (nSPS) is 24.6. The van der Waals surface area contributed by atoms with Gasteiger partial charge in [-0.2, -0.15) is 0 Å². The molecule has 1 heterocycles. The topological polar surface area (TPSA) is 114 Å². The summed E-state index contributed by atoms with van der Waals surface area (Å²) in [5, 5.41) is 6.14. The van der Waals surface area contributed by atoms with Crippen LogP contribution in [0.25, 0.3) is 21.2 Å². The molecule has 2 aromatic carbocycles. The maximum Gasteiger partial charge on any atom is 0.303 e. The quantitative estimate of drug-likeness (QED) is 0.252. The van der Waals surface area contributed by atoms with Crippen LogP contribution in [-0.2, 0) is 23.8 Å². The molecule has 0 bridgehead atoms. The van der Waals surface area contributed by atoms with Gasteiger partial charge in [-0.1, -0.05) is 42.0 Å². The molecular weight excluding hydrogens is 444 g/mol. The Kier molecular flexibility index (Phi) is 8.07. The van der Waals surface area contributed by atoms with Crippen LogP contribution in [0.3, 0.4) is 0 Å². The van der Waals surface area contributed by atoms with Gasteiger partial charge in [0.05, 0.1) is 6.04 Å². The average Bonchev–Trinajstić information content (AvgIpc) is 2.76. The number of ether oxygens (including phenoxy) is 3. The fourth-order valence-corrected chi connectivity index (χ4v) is 5.12. The van der Waals surface area contributed by atoms with E-state index < -0.39 is 35.6 Å². The van der Waals surface area contributed by atoms with Gasteiger partial charge < -0.3 is 19.1 Å². The lowest BCUT2D eigenvalue weighted by atomic mass is 9.91. The van der Waals surface area contributed by atoms with Crippen molar-refractivity contribution < 1.29 is 23.8 Å². The lowest BCUT2D eigenvalue weighted by Gasteiger charge is -2.43. The minimum atomic E-state index is -0.858. The zero-order valence-corrected chi connectivity index (χ0v) is 20.1. The van der Waals surface area contributed by atoms with Crippen molar-refractivity contribution in [2.45, 2.75) is 49.4 Å². The number of benzene rings is 2. The zero-order chi connectivity index (χ0) is 24.1. The Morgan fingerprint density at radius 2 is 1.97 bits per heavy atom. The van der Waals surface area contributed by atoms with Gasteiger partial charge >= 0.3 is 11.9 Å². The Morgan fingerprint density at radius 1 is 1.21 bits per heavy atom. The van der Waals surface area contributed by atoms with Gasteiger partial charge in [0.15, 0.2) is 0 Å². The number of rotatable bonds is 7. The van der Waals surface area contributed by atoms with Crippen LogP contribution in [0.4, 0.5) is 5.69 Å². The first kappa shape index (κ1) is 24.7. The van der Waals surface area contributed by atoms with Crippen LogP contribution in [0.1, 0.15) is 20.8 Å². The Bertz CT molecular complexity index is 1070. The third-order valence-corrected chi connectivity index (χ3v) is 6.78. The van der Waals surface area contributed by atoms with E-state index in [1.54, 1.807) is 0 Å². The highest BCUT2D eigenvalue weighted by Crippen LogP contribution is 2.40. The monoisotopic (exact) mass is 472 g/mol. The maximum absolute atomic E-state index is 11.7. The molecule has 5 atom stereocenters. The van der Waals surface area contributed by atoms with Gasteiger partial charge in [-0.3, -0.25) is 9.59 Å². The fraction of sp³-hybridized carbons (Fsp3) is 0.478. The molecular formula is C23H28N4O5S. The molecule has 0 radical (unpaired) electrons. The van der Waals surface area contributed by atoms with Crippen LogP contribution in [-0.4, -0.2) is 56.3 Å². The average molecular weight is 473 g/mol. The van der Waals surface area contributed by atoms with E-state index in [0.717, 1.165) is 21.4 Å². The molecule has 0 amide bonds. The van der Waals surface area contributed by atoms with Crippen molar-refractivity contribution in [1.82, 2.24) is 0 Å². The maximum atomic E-state index is 11.7. The van der Waals surface area contributed by atoms with E-state index >= 15 is 0 Å². The van der Waals surface area contributed by atoms with E-state index in [1.165, 1.54) is 25.6 Å². The summed E-state index contributed by atoms with van der Waals surface area (Å²) in [5.74, 6) is -1.28. The van der Waals surface area contributed by atoms with Crippen LogP contribution < -0.4 is 4.90 Å². The molecule has 0 saturated carbocycles. The van der Waals surface area contributed by atoms with Crippen molar-refractivity contribution in [2.24, 2.45) is 11.0 Å². The highest BCUT2D eigenvalue weighted by molar-refractivity contribution is 7.99. The van der Waals surface area contributed by atoms with Crippen molar-refractivity contribution >= 4 is 40.2 Å². The summed E-state index contributed by atoms with van der Waals surface area (Å²) in [6.45, 7) is 4.35. The zero-order valence-electron chi connectivity index (χ0n) is 19.3. The molecule has 0 N–H and O–H groups in total. The minimum Gasteiger partial charge on any atom is -0.463 e. The Morgan fingerprint density at radius 3 is 2.61 bits per heavy atom. The Labute approximate surface area is 197 Å². The minimum absolute atomic E-state index is 0.113. The number of carbonyl (C=O) groups is 2. The number of azide groups is 1.